The number of carbonyl (C=O) groups is 2. The minimum atomic E-state index is -0.321. The van der Waals surface area contributed by atoms with E-state index in [0.29, 0.717) is 0 Å². The van der Waals surface area contributed by atoms with E-state index >= 15 is 0 Å². The van der Waals surface area contributed by atoms with Gasteiger partial charge in [-0.1, -0.05) is 13.3 Å². The Morgan fingerprint density at radius 2 is 1.96 bits per heavy atom. The van der Waals surface area contributed by atoms with Crippen molar-refractivity contribution in [3.63, 3.8) is 0 Å². The largest absolute Gasteiger partial charge is 0.372 e. The summed E-state index contributed by atoms with van der Waals surface area (Å²) >= 11 is 0. The molecular weight excluding hydrogens is 290 g/mol. The number of hydrogen-bond acceptors (Lipinski definition) is 3. The first-order chi connectivity index (χ1) is 10.8. The second kappa shape index (κ2) is 7.02. The Morgan fingerprint density at radius 3 is 2.61 bits per heavy atom. The molecule has 1 aliphatic rings. The minimum absolute atomic E-state index is 0.0231. The first-order valence-electron chi connectivity index (χ1n) is 8.28. The zero-order valence-corrected chi connectivity index (χ0v) is 14.8. The second-order valence-electron chi connectivity index (χ2n) is 6.41. The van der Waals surface area contributed by atoms with Gasteiger partial charge in [-0.05, 0) is 50.5 Å². The van der Waals surface area contributed by atoms with Gasteiger partial charge in [0.2, 0.25) is 11.8 Å². The average Bonchev–Trinajstić information content (AvgIpc) is 2.51. The predicted octanol–water partition coefficient (Wildman–Crippen LogP) is 2.71. The lowest BCUT2D eigenvalue weighted by atomic mass is 10.0. The number of nitrogens with zero attached hydrogens (tertiary/aromatic N) is 2. The fourth-order valence-electron chi connectivity index (χ4n) is 2.73. The van der Waals surface area contributed by atoms with Gasteiger partial charge in [-0.25, -0.2) is 0 Å². The highest BCUT2D eigenvalue weighted by atomic mass is 16.2. The van der Waals surface area contributed by atoms with Crippen LogP contribution in [0.2, 0.25) is 0 Å². The minimum Gasteiger partial charge on any atom is -0.372 e. The van der Waals surface area contributed by atoms with Crippen LogP contribution in [0.1, 0.15) is 37.8 Å². The lowest BCUT2D eigenvalue weighted by Gasteiger charge is -2.35. The molecule has 1 atom stereocenters. The summed E-state index contributed by atoms with van der Waals surface area (Å²) in [6.45, 7) is 8.82. The SMILES string of the molecule is CCCCN(C)C(=O)CN1C(=O)C(C)Nc2cc(C)c(C)cc21. The van der Waals surface area contributed by atoms with E-state index in [2.05, 4.69) is 12.2 Å². The van der Waals surface area contributed by atoms with Crippen molar-refractivity contribution in [3.05, 3.63) is 23.3 Å². The molecule has 0 saturated carbocycles. The van der Waals surface area contributed by atoms with Gasteiger partial charge in [0.1, 0.15) is 12.6 Å². The maximum Gasteiger partial charge on any atom is 0.249 e. The third kappa shape index (κ3) is 3.66. The molecule has 1 N–H and O–H groups in total. The molecule has 5 heteroatoms. The molecule has 0 aliphatic carbocycles. The average molecular weight is 317 g/mol. The summed E-state index contributed by atoms with van der Waals surface area (Å²) in [5.41, 5.74) is 4.01. The molecule has 1 heterocycles. The fraction of sp³-hybridized carbons (Fsp3) is 0.556. The topological polar surface area (TPSA) is 52.7 Å². The zero-order valence-electron chi connectivity index (χ0n) is 14.8. The summed E-state index contributed by atoms with van der Waals surface area (Å²) in [7, 11) is 1.80. The molecule has 0 saturated heterocycles. The summed E-state index contributed by atoms with van der Waals surface area (Å²) in [5, 5.41) is 3.23. The number of amides is 2. The maximum absolute atomic E-state index is 12.5. The number of rotatable bonds is 5. The van der Waals surface area contributed by atoms with Crippen LogP contribution in [0.4, 0.5) is 11.4 Å². The van der Waals surface area contributed by atoms with E-state index in [0.717, 1.165) is 36.3 Å². The van der Waals surface area contributed by atoms with E-state index in [1.807, 2.05) is 32.9 Å². The molecule has 126 valence electrons. The summed E-state index contributed by atoms with van der Waals surface area (Å²) in [5.74, 6) is -0.0805. The number of unbranched alkanes of at least 4 members (excludes halogenated alkanes) is 1. The van der Waals surface area contributed by atoms with E-state index in [1.54, 1.807) is 16.8 Å². The highest BCUT2D eigenvalue weighted by Gasteiger charge is 2.31. The molecule has 1 aromatic rings. The standard InChI is InChI=1S/C18H27N3O2/c1-6-7-8-20(5)17(22)11-21-16-10-13(3)12(2)9-15(16)19-14(4)18(21)23/h9-10,14,19H,6-8,11H2,1-5H3. The third-order valence-electron chi connectivity index (χ3n) is 4.48. The van der Waals surface area contributed by atoms with Crippen molar-refractivity contribution in [1.82, 2.24) is 4.90 Å². The van der Waals surface area contributed by atoms with E-state index in [1.165, 1.54) is 5.56 Å². The first kappa shape index (κ1) is 17.3. The van der Waals surface area contributed by atoms with E-state index < -0.39 is 0 Å². The quantitative estimate of drug-likeness (QED) is 0.908. The second-order valence-corrected chi connectivity index (χ2v) is 6.41. The molecule has 1 unspecified atom stereocenters. The number of hydrogen-bond donors (Lipinski definition) is 1. The van der Waals surface area contributed by atoms with Gasteiger partial charge < -0.3 is 10.2 Å². The Kier molecular flexibility index (Phi) is 5.29. The molecule has 1 aliphatic heterocycles. The van der Waals surface area contributed by atoms with Crippen molar-refractivity contribution in [2.24, 2.45) is 0 Å². The number of nitrogens with one attached hydrogen (secondary N) is 1. The Bertz CT molecular complexity index is 613. The smallest absolute Gasteiger partial charge is 0.249 e. The number of benzene rings is 1. The molecule has 0 bridgehead atoms. The van der Waals surface area contributed by atoms with Gasteiger partial charge in [-0.3, -0.25) is 14.5 Å². The number of anilines is 2. The van der Waals surface area contributed by atoms with E-state index in [4.69, 9.17) is 0 Å². The Labute approximate surface area is 138 Å². The molecule has 5 nitrogen and oxygen atoms in total. The van der Waals surface area contributed by atoms with Crippen LogP contribution in [0.15, 0.2) is 12.1 Å². The molecule has 2 amide bonds. The van der Waals surface area contributed by atoms with Gasteiger partial charge in [-0.2, -0.15) is 0 Å². The van der Waals surface area contributed by atoms with Gasteiger partial charge in [0.15, 0.2) is 0 Å². The van der Waals surface area contributed by atoms with Crippen molar-refractivity contribution in [1.29, 1.82) is 0 Å². The summed E-state index contributed by atoms with van der Waals surface area (Å²) in [4.78, 5) is 28.3. The number of aryl methyl sites for hydroxylation is 2. The zero-order chi connectivity index (χ0) is 17.1. The lowest BCUT2D eigenvalue weighted by Crippen LogP contribution is -2.50. The Balaban J connectivity index is 2.26. The molecular formula is C18H27N3O2. The highest BCUT2D eigenvalue weighted by Crippen LogP contribution is 2.34. The van der Waals surface area contributed by atoms with Crippen molar-refractivity contribution in [2.75, 3.05) is 30.4 Å². The number of likely N-dealkylation sites (N-methyl/N-ethyl adjacent to an activating group) is 1. The summed E-state index contributed by atoms with van der Waals surface area (Å²) < 4.78 is 0. The Hall–Kier alpha value is -2.04. The summed E-state index contributed by atoms with van der Waals surface area (Å²) in [6.07, 6.45) is 2.02. The number of fused-ring (bicyclic) bond motifs is 1. The molecule has 1 aromatic carbocycles. The Morgan fingerprint density at radius 1 is 1.30 bits per heavy atom. The van der Waals surface area contributed by atoms with Gasteiger partial charge in [0.05, 0.1) is 11.4 Å². The molecule has 23 heavy (non-hydrogen) atoms. The van der Waals surface area contributed by atoms with Crippen LogP contribution < -0.4 is 10.2 Å². The van der Waals surface area contributed by atoms with E-state index in [9.17, 15) is 9.59 Å². The van der Waals surface area contributed by atoms with Crippen molar-refractivity contribution >= 4 is 23.2 Å². The normalized spacial score (nSPS) is 16.8. The van der Waals surface area contributed by atoms with Crippen LogP contribution in [0, 0.1) is 13.8 Å². The molecule has 0 aromatic heterocycles. The van der Waals surface area contributed by atoms with Gasteiger partial charge in [0.25, 0.3) is 0 Å². The van der Waals surface area contributed by atoms with Crippen molar-refractivity contribution in [3.8, 4) is 0 Å². The van der Waals surface area contributed by atoms with Crippen LogP contribution in [-0.2, 0) is 9.59 Å². The van der Waals surface area contributed by atoms with Crippen molar-refractivity contribution in [2.45, 2.75) is 46.6 Å². The van der Waals surface area contributed by atoms with Crippen LogP contribution in [0.5, 0.6) is 0 Å². The lowest BCUT2D eigenvalue weighted by molar-refractivity contribution is -0.130. The molecule has 0 fully saturated rings. The summed E-state index contributed by atoms with van der Waals surface area (Å²) in [6, 6.07) is 3.71. The van der Waals surface area contributed by atoms with Crippen molar-refractivity contribution < 1.29 is 9.59 Å². The van der Waals surface area contributed by atoms with Gasteiger partial charge >= 0.3 is 0 Å². The van der Waals surface area contributed by atoms with Crippen LogP contribution in [0.3, 0.4) is 0 Å². The third-order valence-corrected chi connectivity index (χ3v) is 4.48. The van der Waals surface area contributed by atoms with Gasteiger partial charge in [-0.15, -0.1) is 0 Å². The van der Waals surface area contributed by atoms with Crippen LogP contribution in [-0.4, -0.2) is 42.9 Å². The fourth-order valence-corrected chi connectivity index (χ4v) is 2.73. The monoisotopic (exact) mass is 317 g/mol. The number of carbonyl (C=O) groups excluding carboxylic acids is 2. The molecule has 2 rings (SSSR count). The van der Waals surface area contributed by atoms with E-state index in [-0.39, 0.29) is 24.4 Å². The predicted molar refractivity (Wildman–Crippen MR) is 93.9 cm³/mol. The first-order valence-corrected chi connectivity index (χ1v) is 8.28. The van der Waals surface area contributed by atoms with Crippen LogP contribution in [0.25, 0.3) is 0 Å². The maximum atomic E-state index is 12.5. The molecule has 0 radical (unpaired) electrons. The van der Waals surface area contributed by atoms with Crippen LogP contribution >= 0.6 is 0 Å². The highest BCUT2D eigenvalue weighted by molar-refractivity contribution is 6.07. The van der Waals surface area contributed by atoms with Gasteiger partial charge in [0, 0.05) is 13.6 Å². The molecule has 0 spiro atoms.